The molecule has 0 amide bonds. The standard InChI is InChI=1S/C18H41N2O2P/c1-5-8-13-23(14-9-6-2,15-10-7-3,16-11-12-19)22-18(21)17(4)20/h17H,5-16,19-20H2,1-4H3/t17-/m1/s1. The van der Waals surface area contributed by atoms with Crippen molar-refractivity contribution in [3.05, 3.63) is 0 Å². The molecule has 0 saturated carbocycles. The second-order valence-electron chi connectivity index (χ2n) is 7.15. The summed E-state index contributed by atoms with van der Waals surface area (Å²) in [5, 5.41) is 0. The maximum absolute atomic E-state index is 12.5. The molecule has 0 aliphatic heterocycles. The van der Waals surface area contributed by atoms with Crippen LogP contribution in [0.3, 0.4) is 0 Å². The molecule has 0 radical (unpaired) electrons. The summed E-state index contributed by atoms with van der Waals surface area (Å²) < 4.78 is 6.41. The van der Waals surface area contributed by atoms with Crippen molar-refractivity contribution >= 4 is 12.8 Å². The average Bonchev–Trinajstić information content (AvgIpc) is 2.55. The Morgan fingerprint density at radius 2 is 1.30 bits per heavy atom. The van der Waals surface area contributed by atoms with Crippen LogP contribution in [0.2, 0.25) is 0 Å². The van der Waals surface area contributed by atoms with Crippen LogP contribution in [0.5, 0.6) is 0 Å². The molecule has 4 nitrogen and oxygen atoms in total. The zero-order valence-corrected chi connectivity index (χ0v) is 16.9. The molecule has 0 saturated heterocycles. The first kappa shape index (κ1) is 22.8. The fraction of sp³-hybridized carbons (Fsp3) is 0.944. The van der Waals surface area contributed by atoms with Crippen LogP contribution in [0, 0.1) is 0 Å². The molecular weight excluding hydrogens is 307 g/mol. The second-order valence-corrected chi connectivity index (χ2v) is 12.8. The summed E-state index contributed by atoms with van der Waals surface area (Å²) in [5.74, 6) is -0.206. The fourth-order valence-corrected chi connectivity index (χ4v) is 10.1. The molecule has 0 fully saturated rings. The molecule has 0 heterocycles. The fourth-order valence-electron chi connectivity index (χ4n) is 3.36. The summed E-state index contributed by atoms with van der Waals surface area (Å²) in [6, 6.07) is -0.542. The van der Waals surface area contributed by atoms with Crippen LogP contribution < -0.4 is 11.5 Å². The zero-order chi connectivity index (χ0) is 17.8. The Balaban J connectivity index is 5.71. The summed E-state index contributed by atoms with van der Waals surface area (Å²) >= 11 is 0. The predicted molar refractivity (Wildman–Crippen MR) is 105 cm³/mol. The van der Waals surface area contributed by atoms with Gasteiger partial charge in [-0.05, 0) is 0 Å². The second kappa shape index (κ2) is 11.4. The van der Waals surface area contributed by atoms with Crippen LogP contribution >= 0.6 is 6.83 Å². The zero-order valence-electron chi connectivity index (χ0n) is 16.0. The Bertz CT molecular complexity index is 291. The Hall–Kier alpha value is -0.180. The number of carbonyl (C=O) groups is 1. The molecule has 1 atom stereocenters. The molecule has 0 rings (SSSR count). The first-order chi connectivity index (χ1) is 10.9. The number of nitrogens with two attached hydrogens (primary N) is 2. The van der Waals surface area contributed by atoms with E-state index in [9.17, 15) is 4.79 Å². The monoisotopic (exact) mass is 348 g/mol. The van der Waals surface area contributed by atoms with Gasteiger partial charge in [0.1, 0.15) is 0 Å². The minimum absolute atomic E-state index is 0.206. The molecule has 0 unspecified atom stereocenters. The number of hydrogen-bond acceptors (Lipinski definition) is 4. The molecule has 140 valence electrons. The van der Waals surface area contributed by atoms with Gasteiger partial charge in [-0.15, -0.1) is 0 Å². The van der Waals surface area contributed by atoms with Crippen molar-refractivity contribution in [2.24, 2.45) is 11.5 Å². The van der Waals surface area contributed by atoms with Crippen LogP contribution in [0.15, 0.2) is 0 Å². The number of hydrogen-bond donors (Lipinski definition) is 2. The van der Waals surface area contributed by atoms with Gasteiger partial charge in [-0.3, -0.25) is 0 Å². The van der Waals surface area contributed by atoms with Gasteiger partial charge in [0.25, 0.3) is 0 Å². The van der Waals surface area contributed by atoms with Crippen LogP contribution in [0.25, 0.3) is 0 Å². The van der Waals surface area contributed by atoms with E-state index in [0.29, 0.717) is 6.54 Å². The third-order valence-corrected chi connectivity index (χ3v) is 11.4. The van der Waals surface area contributed by atoms with Crippen molar-refractivity contribution in [1.29, 1.82) is 0 Å². The predicted octanol–water partition coefficient (Wildman–Crippen LogP) is 4.09. The number of unbranched alkanes of at least 4 members (excludes halogenated alkanes) is 3. The third-order valence-electron chi connectivity index (χ3n) is 4.88. The topological polar surface area (TPSA) is 78.3 Å². The molecular formula is C18H41N2O2P. The molecule has 0 bridgehead atoms. The van der Waals surface area contributed by atoms with E-state index in [1.807, 2.05) is 0 Å². The molecule has 4 N–H and O–H groups in total. The van der Waals surface area contributed by atoms with E-state index in [-0.39, 0.29) is 5.97 Å². The van der Waals surface area contributed by atoms with Gasteiger partial charge >= 0.3 is 143 Å². The van der Waals surface area contributed by atoms with Gasteiger partial charge in [0.05, 0.1) is 0 Å². The van der Waals surface area contributed by atoms with Crippen molar-refractivity contribution in [3.63, 3.8) is 0 Å². The Kier molecular flexibility index (Phi) is 11.3. The van der Waals surface area contributed by atoms with E-state index < -0.39 is 12.9 Å². The van der Waals surface area contributed by atoms with Gasteiger partial charge in [-0.25, -0.2) is 0 Å². The summed E-state index contributed by atoms with van der Waals surface area (Å²) in [7, 11) is 0. The molecule has 23 heavy (non-hydrogen) atoms. The van der Waals surface area contributed by atoms with Crippen molar-refractivity contribution in [1.82, 2.24) is 0 Å². The van der Waals surface area contributed by atoms with E-state index in [1.165, 1.54) is 0 Å². The van der Waals surface area contributed by atoms with Gasteiger partial charge in [0, 0.05) is 0 Å². The maximum atomic E-state index is 12.5. The summed E-state index contributed by atoms with van der Waals surface area (Å²) in [6.07, 6.45) is 11.9. The molecule has 0 aromatic rings. The Morgan fingerprint density at radius 3 is 1.61 bits per heavy atom. The third kappa shape index (κ3) is 7.49. The van der Waals surface area contributed by atoms with E-state index in [0.717, 1.165) is 69.6 Å². The Morgan fingerprint density at radius 1 is 0.913 bits per heavy atom. The van der Waals surface area contributed by atoms with Crippen molar-refractivity contribution in [2.75, 3.05) is 31.2 Å². The first-order valence-corrected chi connectivity index (χ1v) is 12.5. The van der Waals surface area contributed by atoms with E-state index in [4.69, 9.17) is 16.0 Å². The summed E-state index contributed by atoms with van der Waals surface area (Å²) in [5.41, 5.74) is 11.7. The molecule has 0 spiro atoms. The summed E-state index contributed by atoms with van der Waals surface area (Å²) in [6.45, 7) is 6.47. The van der Waals surface area contributed by atoms with Crippen molar-refractivity contribution in [2.45, 2.75) is 78.7 Å². The molecule has 0 aromatic carbocycles. The van der Waals surface area contributed by atoms with Gasteiger partial charge in [-0.1, -0.05) is 0 Å². The number of rotatable bonds is 14. The van der Waals surface area contributed by atoms with Crippen LogP contribution in [0.1, 0.15) is 72.6 Å². The van der Waals surface area contributed by atoms with E-state index in [2.05, 4.69) is 20.8 Å². The average molecular weight is 349 g/mol. The molecule has 5 heteroatoms. The van der Waals surface area contributed by atoms with Gasteiger partial charge in [0.2, 0.25) is 0 Å². The first-order valence-electron chi connectivity index (χ1n) is 9.58. The van der Waals surface area contributed by atoms with Crippen molar-refractivity contribution < 1.29 is 9.32 Å². The quantitative estimate of drug-likeness (QED) is 0.463. The van der Waals surface area contributed by atoms with E-state index in [1.54, 1.807) is 6.92 Å². The van der Waals surface area contributed by atoms with E-state index >= 15 is 0 Å². The Labute approximate surface area is 144 Å². The van der Waals surface area contributed by atoms with Crippen LogP contribution in [-0.4, -0.2) is 43.2 Å². The van der Waals surface area contributed by atoms with Crippen molar-refractivity contribution in [3.8, 4) is 0 Å². The van der Waals surface area contributed by atoms with Gasteiger partial charge in [-0.2, -0.15) is 0 Å². The van der Waals surface area contributed by atoms with Gasteiger partial charge in [0.15, 0.2) is 0 Å². The van der Waals surface area contributed by atoms with Crippen LogP contribution in [0.4, 0.5) is 0 Å². The van der Waals surface area contributed by atoms with Gasteiger partial charge < -0.3 is 0 Å². The summed E-state index contributed by atoms with van der Waals surface area (Å²) in [4.78, 5) is 12.5. The molecule has 0 aromatic heterocycles. The minimum atomic E-state index is -2.56. The van der Waals surface area contributed by atoms with Crippen LogP contribution in [-0.2, 0) is 9.32 Å². The normalized spacial score (nSPS) is 15.0. The molecule has 0 aliphatic carbocycles. The molecule has 0 aliphatic rings. The number of carbonyl (C=O) groups excluding carboxylic acids is 1. The SMILES string of the molecule is CCCCP(CCCC)(CCCC)(CCCN)OC(=O)[C@@H](C)N.